The van der Waals surface area contributed by atoms with Gasteiger partial charge in [-0.25, -0.2) is 4.79 Å². The fourth-order valence-corrected chi connectivity index (χ4v) is 4.04. The van der Waals surface area contributed by atoms with Crippen LogP contribution < -0.4 is 10.1 Å². The van der Waals surface area contributed by atoms with Crippen molar-refractivity contribution in [1.82, 2.24) is 5.32 Å². The van der Waals surface area contributed by atoms with Crippen molar-refractivity contribution >= 4 is 28.0 Å². The number of benzene rings is 2. The van der Waals surface area contributed by atoms with Crippen LogP contribution >= 0.6 is 0 Å². The van der Waals surface area contributed by atoms with E-state index in [2.05, 4.69) is 15.3 Å². The first-order chi connectivity index (χ1) is 18.0. The van der Waals surface area contributed by atoms with Crippen LogP contribution in [0.3, 0.4) is 0 Å². The molecular weight excluding hydrogens is 520 g/mol. The van der Waals surface area contributed by atoms with E-state index in [0.29, 0.717) is 11.3 Å². The number of nitrogens with zero attached hydrogens (tertiary/aromatic N) is 3. The van der Waals surface area contributed by atoms with Gasteiger partial charge in [0.25, 0.3) is 10.1 Å². The number of ether oxygens (including phenoxy) is 3. The largest absolute Gasteiger partial charge is 0.490 e. The number of amides is 1. The van der Waals surface area contributed by atoms with Gasteiger partial charge in [-0.05, 0) is 42.3 Å². The summed E-state index contributed by atoms with van der Waals surface area (Å²) in [4.78, 5) is 37.8. The predicted molar refractivity (Wildman–Crippen MR) is 133 cm³/mol. The second-order valence-electron chi connectivity index (χ2n) is 7.97. The lowest BCUT2D eigenvalue weighted by Gasteiger charge is -2.18. The SMILES string of the molecule is COC(=O)[C@H](Cc1ccc(OC[C@@H](COS(=O)(=O)c2ccc(C)cc2)OC(C)=O)cc1)NC(=O)CN=[N+]=[N-]. The number of aryl methyl sites for hydroxylation is 1. The molecule has 1 N–H and O–H groups in total. The number of nitrogens with one attached hydrogen (secondary N) is 1. The number of rotatable bonds is 14. The number of esters is 2. The van der Waals surface area contributed by atoms with Crippen LogP contribution in [-0.2, 0) is 44.6 Å². The number of azide groups is 1. The van der Waals surface area contributed by atoms with E-state index in [1.807, 2.05) is 6.92 Å². The maximum absolute atomic E-state index is 12.4. The number of hydrogen-bond acceptors (Lipinski definition) is 10. The summed E-state index contributed by atoms with van der Waals surface area (Å²) < 4.78 is 45.4. The molecule has 0 saturated carbocycles. The maximum atomic E-state index is 12.4. The van der Waals surface area contributed by atoms with Crippen molar-refractivity contribution in [3.05, 3.63) is 70.1 Å². The van der Waals surface area contributed by atoms with Crippen molar-refractivity contribution in [3.63, 3.8) is 0 Å². The summed E-state index contributed by atoms with van der Waals surface area (Å²) in [5.41, 5.74) is 9.86. The summed E-state index contributed by atoms with van der Waals surface area (Å²) in [6.07, 6.45) is -0.919. The van der Waals surface area contributed by atoms with Gasteiger partial charge in [-0.15, -0.1) is 0 Å². The lowest BCUT2D eigenvalue weighted by Crippen LogP contribution is -2.43. The topological polar surface area (TPSA) is 183 Å². The molecule has 0 aliphatic heterocycles. The van der Waals surface area contributed by atoms with Crippen LogP contribution in [0, 0.1) is 6.92 Å². The van der Waals surface area contributed by atoms with Crippen LogP contribution in [0.1, 0.15) is 18.1 Å². The summed E-state index contributed by atoms with van der Waals surface area (Å²) >= 11 is 0. The molecule has 0 aliphatic rings. The number of methoxy groups -OCH3 is 1. The molecule has 2 aromatic rings. The van der Waals surface area contributed by atoms with Gasteiger partial charge in [-0.2, -0.15) is 8.42 Å². The average molecular weight is 549 g/mol. The lowest BCUT2D eigenvalue weighted by molar-refractivity contribution is -0.149. The van der Waals surface area contributed by atoms with Gasteiger partial charge < -0.3 is 19.5 Å². The maximum Gasteiger partial charge on any atom is 0.328 e. The molecule has 1 amide bonds. The second kappa shape index (κ2) is 14.6. The van der Waals surface area contributed by atoms with Crippen molar-refractivity contribution in [3.8, 4) is 5.75 Å². The predicted octanol–water partition coefficient (Wildman–Crippen LogP) is 2.22. The Labute approximate surface area is 219 Å². The Balaban J connectivity index is 1.99. The summed E-state index contributed by atoms with van der Waals surface area (Å²) in [6.45, 7) is 1.89. The Kier molecular flexibility index (Phi) is 11.5. The highest BCUT2D eigenvalue weighted by Crippen LogP contribution is 2.17. The molecular formula is C24H28N4O9S. The van der Waals surface area contributed by atoms with E-state index in [1.54, 1.807) is 36.4 Å². The van der Waals surface area contributed by atoms with Crippen molar-refractivity contribution < 1.29 is 41.2 Å². The molecule has 204 valence electrons. The van der Waals surface area contributed by atoms with Gasteiger partial charge in [-0.3, -0.25) is 13.8 Å². The van der Waals surface area contributed by atoms with E-state index >= 15 is 0 Å². The normalized spacial score (nSPS) is 12.4. The third-order valence-corrected chi connectivity index (χ3v) is 6.24. The van der Waals surface area contributed by atoms with Crippen molar-refractivity contribution in [1.29, 1.82) is 0 Å². The fourth-order valence-electron chi connectivity index (χ4n) is 3.11. The molecule has 2 aromatic carbocycles. The lowest BCUT2D eigenvalue weighted by atomic mass is 10.1. The first kappa shape index (κ1) is 30.1. The van der Waals surface area contributed by atoms with E-state index in [1.165, 1.54) is 26.2 Å². The Morgan fingerprint density at radius 2 is 1.71 bits per heavy atom. The van der Waals surface area contributed by atoms with Crippen LogP contribution in [-0.4, -0.2) is 65.3 Å². The van der Waals surface area contributed by atoms with Crippen LogP contribution in [0.2, 0.25) is 0 Å². The molecule has 13 nitrogen and oxygen atoms in total. The van der Waals surface area contributed by atoms with Crippen molar-refractivity contribution in [2.24, 2.45) is 5.11 Å². The summed E-state index contributed by atoms with van der Waals surface area (Å²) in [7, 11) is -2.89. The second-order valence-corrected chi connectivity index (χ2v) is 9.59. The van der Waals surface area contributed by atoms with E-state index in [-0.39, 0.29) is 17.9 Å². The van der Waals surface area contributed by atoms with Crippen LogP contribution in [0.15, 0.2) is 58.5 Å². The number of carbonyl (C=O) groups is 3. The first-order valence-electron chi connectivity index (χ1n) is 11.3. The minimum atomic E-state index is -4.07. The molecule has 14 heteroatoms. The van der Waals surface area contributed by atoms with Gasteiger partial charge >= 0.3 is 11.9 Å². The quantitative estimate of drug-likeness (QED) is 0.122. The number of hydrogen-bond donors (Lipinski definition) is 1. The smallest absolute Gasteiger partial charge is 0.328 e. The van der Waals surface area contributed by atoms with E-state index in [4.69, 9.17) is 23.9 Å². The first-order valence-corrected chi connectivity index (χ1v) is 12.7. The third-order valence-electron chi connectivity index (χ3n) is 4.95. The molecule has 2 rings (SSSR count). The molecule has 0 saturated heterocycles. The van der Waals surface area contributed by atoms with Crippen LogP contribution in [0.25, 0.3) is 10.4 Å². The number of carbonyl (C=O) groups excluding carboxylic acids is 3. The molecule has 0 unspecified atom stereocenters. The highest BCUT2D eigenvalue weighted by atomic mass is 32.2. The summed E-state index contributed by atoms with van der Waals surface area (Å²) in [5.74, 6) is -1.58. The zero-order valence-corrected chi connectivity index (χ0v) is 21.8. The third kappa shape index (κ3) is 10.1. The Hall–Kier alpha value is -4.13. The molecule has 0 spiro atoms. The van der Waals surface area contributed by atoms with E-state index in [9.17, 15) is 22.8 Å². The molecule has 38 heavy (non-hydrogen) atoms. The summed E-state index contributed by atoms with van der Waals surface area (Å²) in [5, 5.41) is 5.60. The van der Waals surface area contributed by atoms with Crippen molar-refractivity contribution in [2.45, 2.75) is 37.3 Å². The van der Waals surface area contributed by atoms with Crippen LogP contribution in [0.4, 0.5) is 0 Å². The Bertz CT molecular complexity index is 1260. The molecule has 0 aromatic heterocycles. The van der Waals surface area contributed by atoms with Gasteiger partial charge in [0.05, 0.1) is 12.0 Å². The average Bonchev–Trinajstić information content (AvgIpc) is 2.89. The Morgan fingerprint density at radius 3 is 2.29 bits per heavy atom. The molecule has 0 aliphatic carbocycles. The standard InChI is InChI=1S/C24H28N4O9S/c1-16-4-10-21(11-5-16)38(32,33)36-15-20(37-17(2)29)14-35-19-8-6-18(7-9-19)12-22(24(31)34-3)27-23(30)13-26-28-25/h4-11,20,22H,12-15H2,1-3H3,(H,27,30)/t20-,22-/m0/s1. The van der Waals surface area contributed by atoms with E-state index in [0.717, 1.165) is 5.56 Å². The Morgan fingerprint density at radius 1 is 1.05 bits per heavy atom. The fraction of sp³-hybridized carbons (Fsp3) is 0.375. The van der Waals surface area contributed by atoms with Gasteiger partial charge in [0.1, 0.15) is 31.5 Å². The van der Waals surface area contributed by atoms with Crippen LogP contribution in [0.5, 0.6) is 5.75 Å². The summed E-state index contributed by atoms with van der Waals surface area (Å²) in [6, 6.07) is 11.6. The van der Waals surface area contributed by atoms with Gasteiger partial charge in [0, 0.05) is 18.3 Å². The molecule has 0 heterocycles. The van der Waals surface area contributed by atoms with Gasteiger partial charge in [-0.1, -0.05) is 34.9 Å². The highest BCUT2D eigenvalue weighted by molar-refractivity contribution is 7.86. The van der Waals surface area contributed by atoms with Crippen molar-refractivity contribution in [2.75, 3.05) is 26.9 Å². The molecule has 0 fully saturated rings. The zero-order chi connectivity index (χ0) is 28.1. The molecule has 0 radical (unpaired) electrons. The molecule has 0 bridgehead atoms. The highest BCUT2D eigenvalue weighted by Gasteiger charge is 2.23. The minimum absolute atomic E-state index is 0.0274. The van der Waals surface area contributed by atoms with Gasteiger partial charge in [0.2, 0.25) is 5.91 Å². The van der Waals surface area contributed by atoms with Gasteiger partial charge in [0.15, 0.2) is 6.10 Å². The minimum Gasteiger partial charge on any atom is -0.490 e. The zero-order valence-electron chi connectivity index (χ0n) is 21.0. The van der Waals surface area contributed by atoms with E-state index < -0.39 is 53.3 Å². The monoisotopic (exact) mass is 548 g/mol. The molecule has 2 atom stereocenters.